The summed E-state index contributed by atoms with van der Waals surface area (Å²) in [5, 5.41) is 0. The molecule has 1 N–H and O–H groups in total. The number of hydrogen-bond acceptors (Lipinski definition) is 3. The van der Waals surface area contributed by atoms with Crippen molar-refractivity contribution in [1.29, 1.82) is 0 Å². The molecule has 0 amide bonds. The Balaban J connectivity index is 1.96. The van der Waals surface area contributed by atoms with E-state index in [1.54, 1.807) is 12.4 Å². The van der Waals surface area contributed by atoms with Gasteiger partial charge in [-0.05, 0) is 33.6 Å². The van der Waals surface area contributed by atoms with Gasteiger partial charge in [-0.2, -0.15) is 0 Å². The van der Waals surface area contributed by atoms with Gasteiger partial charge in [-0.15, -0.1) is 0 Å². The Kier molecular flexibility index (Phi) is 2.60. The van der Waals surface area contributed by atoms with Crippen LogP contribution in [0.1, 0.15) is 11.4 Å². The van der Waals surface area contributed by atoms with Gasteiger partial charge in [0.25, 0.3) is 0 Å². The first-order valence-corrected chi connectivity index (χ1v) is 5.99. The van der Waals surface area contributed by atoms with Crippen LogP contribution in [-0.4, -0.2) is 19.9 Å². The van der Waals surface area contributed by atoms with Gasteiger partial charge in [-0.25, -0.2) is 9.97 Å². The van der Waals surface area contributed by atoms with E-state index in [0.29, 0.717) is 0 Å². The minimum atomic E-state index is 0.738. The van der Waals surface area contributed by atoms with E-state index >= 15 is 0 Å². The number of nitrogens with one attached hydrogen (secondary N) is 1. The van der Waals surface area contributed by atoms with Gasteiger partial charge in [0, 0.05) is 29.5 Å². The fraction of sp³-hybridized carbons (Fsp3) is 0.0833. The molecule has 3 aromatic heterocycles. The molecule has 0 aliphatic rings. The highest BCUT2D eigenvalue weighted by molar-refractivity contribution is 9.10. The summed E-state index contributed by atoms with van der Waals surface area (Å²) in [6.07, 6.45) is 6.09. The minimum Gasteiger partial charge on any atom is -0.340 e. The number of fused-ring (bicyclic) bond motifs is 1. The van der Waals surface area contributed by atoms with E-state index in [0.717, 1.165) is 33.4 Å². The Labute approximate surface area is 106 Å². The molecular weight excluding hydrogens is 280 g/mol. The summed E-state index contributed by atoms with van der Waals surface area (Å²) in [5.41, 5.74) is 2.82. The van der Waals surface area contributed by atoms with E-state index in [2.05, 4.69) is 35.9 Å². The third-order valence-electron chi connectivity index (χ3n) is 2.45. The number of halogens is 1. The van der Waals surface area contributed by atoms with Crippen molar-refractivity contribution in [3.05, 3.63) is 52.7 Å². The molecule has 3 rings (SSSR count). The number of aromatic amines is 1. The Bertz CT molecular complexity index is 648. The van der Waals surface area contributed by atoms with E-state index in [1.807, 2.05) is 24.4 Å². The van der Waals surface area contributed by atoms with Crippen LogP contribution < -0.4 is 0 Å². The quantitative estimate of drug-likeness (QED) is 0.789. The lowest BCUT2D eigenvalue weighted by Crippen LogP contribution is -1.90. The minimum absolute atomic E-state index is 0.738. The fourth-order valence-corrected chi connectivity index (χ4v) is 2.04. The maximum absolute atomic E-state index is 4.43. The maximum Gasteiger partial charge on any atom is 0.177 e. The van der Waals surface area contributed by atoms with Crippen LogP contribution in [0.4, 0.5) is 0 Å². The average molecular weight is 289 g/mol. The Morgan fingerprint density at radius 1 is 1.29 bits per heavy atom. The molecule has 17 heavy (non-hydrogen) atoms. The predicted molar refractivity (Wildman–Crippen MR) is 68.6 cm³/mol. The van der Waals surface area contributed by atoms with Crippen molar-refractivity contribution in [2.45, 2.75) is 6.42 Å². The second kappa shape index (κ2) is 4.25. The van der Waals surface area contributed by atoms with E-state index in [-0.39, 0.29) is 0 Å². The largest absolute Gasteiger partial charge is 0.340 e. The third kappa shape index (κ3) is 2.19. The number of nitrogens with zero attached hydrogens (tertiary/aromatic N) is 3. The van der Waals surface area contributed by atoms with Crippen molar-refractivity contribution in [2.24, 2.45) is 0 Å². The Hall–Kier alpha value is -1.75. The molecule has 0 radical (unpaired) electrons. The fourth-order valence-electron chi connectivity index (χ4n) is 1.70. The number of H-pyrrole nitrogens is 1. The first-order valence-electron chi connectivity index (χ1n) is 5.20. The van der Waals surface area contributed by atoms with Crippen LogP contribution >= 0.6 is 15.9 Å². The van der Waals surface area contributed by atoms with Crippen LogP contribution in [0.15, 0.2) is 41.3 Å². The molecule has 0 saturated heterocycles. The number of hydrogen-bond donors (Lipinski definition) is 1. The molecule has 0 aliphatic heterocycles. The van der Waals surface area contributed by atoms with Gasteiger partial charge in [0.2, 0.25) is 0 Å². The molecule has 0 fully saturated rings. The predicted octanol–water partition coefficient (Wildman–Crippen LogP) is 2.71. The first-order chi connectivity index (χ1) is 8.31. The summed E-state index contributed by atoms with van der Waals surface area (Å²) in [7, 11) is 0. The van der Waals surface area contributed by atoms with Crippen molar-refractivity contribution < 1.29 is 0 Å². The molecule has 0 atom stereocenters. The normalized spacial score (nSPS) is 10.9. The third-order valence-corrected chi connectivity index (χ3v) is 2.88. The highest BCUT2D eigenvalue weighted by Gasteiger charge is 2.05. The SMILES string of the molecule is Brc1cnc2nc(Cc3cccnc3)[nH]c2c1. The molecule has 5 heteroatoms. The van der Waals surface area contributed by atoms with Gasteiger partial charge in [0.1, 0.15) is 5.82 Å². The second-order valence-electron chi connectivity index (χ2n) is 3.75. The molecule has 84 valence electrons. The molecule has 3 heterocycles. The number of rotatable bonds is 2. The van der Waals surface area contributed by atoms with Crippen LogP contribution in [0.25, 0.3) is 11.2 Å². The summed E-state index contributed by atoms with van der Waals surface area (Å²) in [6, 6.07) is 5.93. The van der Waals surface area contributed by atoms with Gasteiger partial charge < -0.3 is 4.98 Å². The van der Waals surface area contributed by atoms with Gasteiger partial charge in [0.05, 0.1) is 5.52 Å². The number of pyridine rings is 2. The Morgan fingerprint density at radius 2 is 2.24 bits per heavy atom. The average Bonchev–Trinajstić information content (AvgIpc) is 2.71. The number of imidazole rings is 1. The second-order valence-corrected chi connectivity index (χ2v) is 4.66. The van der Waals surface area contributed by atoms with Crippen LogP contribution in [0.3, 0.4) is 0 Å². The first kappa shape index (κ1) is 10.4. The van der Waals surface area contributed by atoms with Crippen molar-refractivity contribution in [3.8, 4) is 0 Å². The molecule has 4 nitrogen and oxygen atoms in total. The lowest BCUT2D eigenvalue weighted by molar-refractivity contribution is 1.02. The molecular formula is C12H9BrN4. The number of aromatic nitrogens is 4. The van der Waals surface area contributed by atoms with E-state index in [1.165, 1.54) is 0 Å². The molecule has 0 aromatic carbocycles. The van der Waals surface area contributed by atoms with Gasteiger partial charge in [0.15, 0.2) is 5.65 Å². The molecule has 0 spiro atoms. The van der Waals surface area contributed by atoms with E-state index in [4.69, 9.17) is 0 Å². The van der Waals surface area contributed by atoms with Gasteiger partial charge >= 0.3 is 0 Å². The summed E-state index contributed by atoms with van der Waals surface area (Å²) in [6.45, 7) is 0. The van der Waals surface area contributed by atoms with Crippen LogP contribution in [0, 0.1) is 0 Å². The summed E-state index contributed by atoms with van der Waals surface area (Å²) in [5.74, 6) is 0.901. The van der Waals surface area contributed by atoms with Gasteiger partial charge in [-0.1, -0.05) is 6.07 Å². The molecule has 3 aromatic rings. The monoisotopic (exact) mass is 288 g/mol. The highest BCUT2D eigenvalue weighted by Crippen LogP contribution is 2.16. The zero-order valence-corrected chi connectivity index (χ0v) is 10.5. The molecule has 0 bridgehead atoms. The zero-order valence-electron chi connectivity index (χ0n) is 8.89. The summed E-state index contributed by atoms with van der Waals surface area (Å²) >= 11 is 3.39. The smallest absolute Gasteiger partial charge is 0.177 e. The van der Waals surface area contributed by atoms with Gasteiger partial charge in [-0.3, -0.25) is 4.98 Å². The molecule has 0 aliphatic carbocycles. The van der Waals surface area contributed by atoms with Crippen molar-refractivity contribution >= 4 is 27.1 Å². The van der Waals surface area contributed by atoms with E-state index in [9.17, 15) is 0 Å². The lowest BCUT2D eigenvalue weighted by Gasteiger charge is -1.95. The van der Waals surface area contributed by atoms with Crippen LogP contribution in [0.2, 0.25) is 0 Å². The molecule has 0 saturated carbocycles. The standard InChI is InChI=1S/C12H9BrN4/c13-9-5-10-12(15-7-9)17-11(16-10)4-8-2-1-3-14-6-8/h1-3,5-7H,4H2,(H,15,16,17). The topological polar surface area (TPSA) is 54.5 Å². The highest BCUT2D eigenvalue weighted by atomic mass is 79.9. The zero-order chi connectivity index (χ0) is 11.7. The van der Waals surface area contributed by atoms with Crippen LogP contribution in [-0.2, 0) is 6.42 Å². The Morgan fingerprint density at radius 3 is 3.06 bits per heavy atom. The summed E-state index contributed by atoms with van der Waals surface area (Å²) < 4.78 is 0.946. The van der Waals surface area contributed by atoms with Crippen molar-refractivity contribution in [3.63, 3.8) is 0 Å². The molecule has 0 unspecified atom stereocenters. The van der Waals surface area contributed by atoms with Crippen molar-refractivity contribution in [2.75, 3.05) is 0 Å². The maximum atomic E-state index is 4.43. The van der Waals surface area contributed by atoms with E-state index < -0.39 is 0 Å². The lowest BCUT2D eigenvalue weighted by atomic mass is 10.2. The summed E-state index contributed by atoms with van der Waals surface area (Å²) in [4.78, 5) is 16.0. The van der Waals surface area contributed by atoms with Crippen molar-refractivity contribution in [1.82, 2.24) is 19.9 Å². The van der Waals surface area contributed by atoms with Crippen LogP contribution in [0.5, 0.6) is 0 Å².